The molecule has 0 unspecified atom stereocenters. The van der Waals surface area contributed by atoms with Gasteiger partial charge in [-0.3, -0.25) is 9.48 Å². The van der Waals surface area contributed by atoms with Crippen LogP contribution in [-0.2, 0) is 23.6 Å². The minimum Gasteiger partial charge on any atom is -0.485 e. The summed E-state index contributed by atoms with van der Waals surface area (Å²) in [7, 11) is -1.63. The molecule has 150 valence electrons. The molecule has 1 amide bonds. The number of amides is 1. The van der Waals surface area contributed by atoms with Gasteiger partial charge in [0, 0.05) is 51.3 Å². The number of carbonyl (C=O) groups is 1. The van der Waals surface area contributed by atoms with Crippen LogP contribution in [0.25, 0.3) is 0 Å². The highest BCUT2D eigenvalue weighted by molar-refractivity contribution is 7.88. The topological polar surface area (TPSA) is 84.7 Å². The number of rotatable bonds is 2. The van der Waals surface area contributed by atoms with Gasteiger partial charge < -0.3 is 9.64 Å². The summed E-state index contributed by atoms with van der Waals surface area (Å²) in [5.41, 5.74) is 0.762. The molecule has 1 fully saturated rings. The van der Waals surface area contributed by atoms with Crippen LogP contribution in [0.15, 0.2) is 36.5 Å². The lowest BCUT2D eigenvalue weighted by Gasteiger charge is -2.42. The lowest BCUT2D eigenvalue weighted by Crippen LogP contribution is -2.55. The average Bonchev–Trinajstić information content (AvgIpc) is 3.00. The second kappa shape index (κ2) is 6.89. The number of piperidine rings is 1. The van der Waals surface area contributed by atoms with Gasteiger partial charge in [0.1, 0.15) is 17.0 Å². The van der Waals surface area contributed by atoms with E-state index in [1.165, 1.54) is 10.6 Å². The molecule has 28 heavy (non-hydrogen) atoms. The Kier molecular flexibility index (Phi) is 4.67. The Morgan fingerprint density at radius 2 is 1.89 bits per heavy atom. The maximum Gasteiger partial charge on any atom is 0.272 e. The summed E-state index contributed by atoms with van der Waals surface area (Å²) in [6.07, 6.45) is 3.97. The highest BCUT2D eigenvalue weighted by Gasteiger charge is 2.43. The number of hydrogen-bond donors (Lipinski definition) is 0. The summed E-state index contributed by atoms with van der Waals surface area (Å²) in [4.78, 5) is 14.5. The molecule has 0 atom stereocenters. The Labute approximate surface area is 164 Å². The summed E-state index contributed by atoms with van der Waals surface area (Å²) >= 11 is 0. The zero-order valence-electron chi connectivity index (χ0n) is 16.0. The molecule has 0 N–H and O–H groups in total. The molecule has 1 aromatic carbocycles. The van der Waals surface area contributed by atoms with E-state index in [0.29, 0.717) is 38.2 Å². The van der Waals surface area contributed by atoms with Gasteiger partial charge in [0.05, 0.1) is 12.8 Å². The first-order valence-corrected chi connectivity index (χ1v) is 11.1. The first-order valence-electron chi connectivity index (χ1n) is 9.27. The molecule has 1 aromatic heterocycles. The minimum absolute atomic E-state index is 0.0659. The maximum atomic E-state index is 12.8. The van der Waals surface area contributed by atoms with Crippen molar-refractivity contribution in [3.05, 3.63) is 47.8 Å². The van der Waals surface area contributed by atoms with Crippen LogP contribution < -0.4 is 4.74 Å². The van der Waals surface area contributed by atoms with Crippen LogP contribution in [0.2, 0.25) is 0 Å². The fourth-order valence-corrected chi connectivity index (χ4v) is 4.77. The van der Waals surface area contributed by atoms with E-state index >= 15 is 0 Å². The van der Waals surface area contributed by atoms with Gasteiger partial charge in [0.25, 0.3) is 5.91 Å². The third kappa shape index (κ3) is 3.51. The monoisotopic (exact) mass is 404 g/mol. The Hall–Kier alpha value is -2.39. The van der Waals surface area contributed by atoms with E-state index < -0.39 is 15.6 Å². The van der Waals surface area contributed by atoms with Crippen molar-refractivity contribution >= 4 is 15.9 Å². The van der Waals surface area contributed by atoms with Crippen LogP contribution in [0.3, 0.4) is 0 Å². The Bertz CT molecular complexity index is 993. The highest BCUT2D eigenvalue weighted by atomic mass is 32.2. The molecule has 9 heteroatoms. The second-order valence-electron chi connectivity index (χ2n) is 7.56. The summed E-state index contributed by atoms with van der Waals surface area (Å²) in [6, 6.07) is 9.26. The Balaban J connectivity index is 1.58. The van der Waals surface area contributed by atoms with Gasteiger partial charge in [0.2, 0.25) is 10.0 Å². The van der Waals surface area contributed by atoms with Gasteiger partial charge in [-0.1, -0.05) is 18.2 Å². The Morgan fingerprint density at radius 3 is 2.54 bits per heavy atom. The molecule has 2 aliphatic heterocycles. The van der Waals surface area contributed by atoms with Crippen LogP contribution in [0, 0.1) is 0 Å². The molecule has 2 aliphatic rings. The highest BCUT2D eigenvalue weighted by Crippen LogP contribution is 2.36. The van der Waals surface area contributed by atoms with E-state index in [9.17, 15) is 13.2 Å². The lowest BCUT2D eigenvalue weighted by atomic mass is 9.90. The summed E-state index contributed by atoms with van der Waals surface area (Å²) < 4.78 is 34.1. The van der Waals surface area contributed by atoms with Gasteiger partial charge in [0.15, 0.2) is 0 Å². The van der Waals surface area contributed by atoms with Crippen molar-refractivity contribution < 1.29 is 17.9 Å². The largest absolute Gasteiger partial charge is 0.485 e. The summed E-state index contributed by atoms with van der Waals surface area (Å²) in [5, 5.41) is 4.06. The number of ether oxygens (including phenoxy) is 1. The van der Waals surface area contributed by atoms with Crippen LogP contribution in [0.1, 0.15) is 28.9 Å². The molecule has 0 aliphatic carbocycles. The van der Waals surface area contributed by atoms with Crippen molar-refractivity contribution in [2.75, 3.05) is 25.9 Å². The van der Waals surface area contributed by atoms with Crippen LogP contribution in [-0.4, -0.2) is 64.8 Å². The predicted octanol–water partition coefficient (Wildman–Crippen LogP) is 1.25. The van der Waals surface area contributed by atoms with E-state index in [-0.39, 0.29) is 12.5 Å². The fourth-order valence-electron chi connectivity index (χ4n) is 3.92. The number of para-hydroxylation sites is 1. The zero-order chi connectivity index (χ0) is 19.9. The summed E-state index contributed by atoms with van der Waals surface area (Å²) in [5.74, 6) is 0.656. The van der Waals surface area contributed by atoms with E-state index in [1.807, 2.05) is 24.3 Å². The number of hydrogen-bond acceptors (Lipinski definition) is 5. The van der Waals surface area contributed by atoms with Crippen LogP contribution in [0.4, 0.5) is 0 Å². The Morgan fingerprint density at radius 1 is 1.18 bits per heavy atom. The number of carbonyl (C=O) groups excluding carboxylic acids is 1. The number of benzene rings is 1. The van der Waals surface area contributed by atoms with Crippen molar-refractivity contribution in [1.82, 2.24) is 19.0 Å². The summed E-state index contributed by atoms with van der Waals surface area (Å²) in [6.45, 7) is 1.59. The molecule has 3 heterocycles. The standard InChI is InChI=1S/C19H24N4O4S/c1-21-16(7-10-20-21)18(24)22-11-8-19(9-12-22)14-23(28(2,25)26)13-15-5-3-4-6-17(15)27-19/h3-7,10H,8-9,11-14H2,1-2H3. The molecule has 4 rings (SSSR count). The quantitative estimate of drug-likeness (QED) is 0.752. The third-order valence-electron chi connectivity index (χ3n) is 5.58. The molecule has 0 saturated carbocycles. The van der Waals surface area contributed by atoms with E-state index in [2.05, 4.69) is 5.10 Å². The zero-order valence-corrected chi connectivity index (χ0v) is 16.9. The van der Waals surface area contributed by atoms with Crippen molar-refractivity contribution in [2.24, 2.45) is 7.05 Å². The number of aromatic nitrogens is 2. The average molecular weight is 404 g/mol. The molecule has 8 nitrogen and oxygen atoms in total. The van der Waals surface area contributed by atoms with Crippen molar-refractivity contribution in [1.29, 1.82) is 0 Å². The first-order chi connectivity index (χ1) is 13.3. The van der Waals surface area contributed by atoms with Gasteiger partial charge in [-0.25, -0.2) is 8.42 Å². The van der Waals surface area contributed by atoms with Gasteiger partial charge in [-0.15, -0.1) is 0 Å². The van der Waals surface area contributed by atoms with E-state index in [0.717, 1.165) is 11.3 Å². The molecular formula is C19H24N4O4S. The normalized spacial score (nSPS) is 19.7. The number of nitrogens with zero attached hydrogens (tertiary/aromatic N) is 4. The molecule has 0 radical (unpaired) electrons. The van der Waals surface area contributed by atoms with Gasteiger partial charge >= 0.3 is 0 Å². The maximum absolute atomic E-state index is 12.8. The molecule has 2 aromatic rings. The van der Waals surface area contributed by atoms with Crippen molar-refractivity contribution in [3.8, 4) is 5.75 Å². The van der Waals surface area contributed by atoms with Crippen LogP contribution in [0.5, 0.6) is 5.75 Å². The SMILES string of the molecule is Cn1nccc1C(=O)N1CCC2(CC1)CN(S(C)(=O)=O)Cc1ccccc1O2. The molecular weight excluding hydrogens is 380 g/mol. The van der Waals surface area contributed by atoms with E-state index in [1.54, 1.807) is 28.9 Å². The first kappa shape index (κ1) is 18.9. The van der Waals surface area contributed by atoms with E-state index in [4.69, 9.17) is 4.74 Å². The molecule has 0 bridgehead atoms. The van der Waals surface area contributed by atoms with Crippen LogP contribution >= 0.6 is 0 Å². The second-order valence-corrected chi connectivity index (χ2v) is 9.54. The third-order valence-corrected chi connectivity index (χ3v) is 6.78. The molecule has 1 saturated heterocycles. The van der Waals surface area contributed by atoms with Gasteiger partial charge in [-0.2, -0.15) is 9.40 Å². The number of fused-ring (bicyclic) bond motifs is 1. The number of likely N-dealkylation sites (tertiary alicyclic amines) is 1. The number of aryl methyl sites for hydroxylation is 1. The number of sulfonamides is 1. The molecule has 1 spiro atoms. The minimum atomic E-state index is -3.38. The van der Waals surface area contributed by atoms with Crippen molar-refractivity contribution in [3.63, 3.8) is 0 Å². The van der Waals surface area contributed by atoms with Gasteiger partial charge in [-0.05, 0) is 12.1 Å². The fraction of sp³-hybridized carbons (Fsp3) is 0.474. The lowest BCUT2D eigenvalue weighted by molar-refractivity contribution is -0.00277. The smallest absolute Gasteiger partial charge is 0.272 e. The predicted molar refractivity (Wildman–Crippen MR) is 103 cm³/mol. The van der Waals surface area contributed by atoms with Crippen molar-refractivity contribution in [2.45, 2.75) is 25.0 Å².